The standard InChI is InChI=1S/C17H27NO/c1-13-9-14(2)16(15(3)10-13)11-18-12-17(4)5-7-19-8-6-17/h9-10,18H,5-8,11-12H2,1-4H3. The first-order valence-electron chi connectivity index (χ1n) is 7.35. The fourth-order valence-electron chi connectivity index (χ4n) is 3.02. The van der Waals surface area contributed by atoms with Crippen LogP contribution in [-0.2, 0) is 11.3 Å². The first-order chi connectivity index (χ1) is 9.00. The van der Waals surface area contributed by atoms with Crippen LogP contribution in [0.25, 0.3) is 0 Å². The highest BCUT2D eigenvalue weighted by molar-refractivity contribution is 5.37. The Morgan fingerprint density at radius 2 is 1.68 bits per heavy atom. The van der Waals surface area contributed by atoms with Crippen LogP contribution in [0.5, 0.6) is 0 Å². The Bertz CT molecular complexity index is 410. The van der Waals surface area contributed by atoms with Crippen LogP contribution in [0.15, 0.2) is 12.1 Å². The lowest BCUT2D eigenvalue weighted by atomic mass is 9.82. The molecule has 1 aliphatic rings. The maximum absolute atomic E-state index is 5.45. The molecule has 0 radical (unpaired) electrons. The molecule has 0 aromatic heterocycles. The lowest BCUT2D eigenvalue weighted by Crippen LogP contribution is -2.36. The summed E-state index contributed by atoms with van der Waals surface area (Å²) in [6, 6.07) is 4.56. The average Bonchev–Trinajstić information content (AvgIpc) is 2.33. The molecule has 1 aromatic carbocycles. The molecule has 0 spiro atoms. The summed E-state index contributed by atoms with van der Waals surface area (Å²) in [4.78, 5) is 0. The Morgan fingerprint density at radius 3 is 2.26 bits per heavy atom. The Balaban J connectivity index is 1.92. The van der Waals surface area contributed by atoms with Crippen LogP contribution < -0.4 is 5.32 Å². The van der Waals surface area contributed by atoms with E-state index in [4.69, 9.17) is 4.74 Å². The number of aryl methyl sites for hydroxylation is 3. The van der Waals surface area contributed by atoms with Gasteiger partial charge in [-0.3, -0.25) is 0 Å². The Labute approximate surface area is 117 Å². The molecule has 0 saturated carbocycles. The zero-order chi connectivity index (χ0) is 13.9. The first kappa shape index (κ1) is 14.5. The van der Waals surface area contributed by atoms with Crippen molar-refractivity contribution in [2.75, 3.05) is 19.8 Å². The van der Waals surface area contributed by atoms with Crippen molar-refractivity contribution in [1.29, 1.82) is 0 Å². The predicted octanol–water partition coefficient (Wildman–Crippen LogP) is 3.52. The van der Waals surface area contributed by atoms with Crippen LogP contribution in [0, 0.1) is 26.2 Å². The molecule has 2 nitrogen and oxygen atoms in total. The van der Waals surface area contributed by atoms with Crippen LogP contribution in [-0.4, -0.2) is 19.8 Å². The molecule has 2 rings (SSSR count). The molecule has 0 aliphatic carbocycles. The third-order valence-electron chi connectivity index (χ3n) is 4.39. The van der Waals surface area contributed by atoms with Crippen molar-refractivity contribution in [2.24, 2.45) is 5.41 Å². The number of benzene rings is 1. The molecule has 1 heterocycles. The monoisotopic (exact) mass is 261 g/mol. The van der Waals surface area contributed by atoms with Gasteiger partial charge in [0.15, 0.2) is 0 Å². The predicted molar refractivity (Wildman–Crippen MR) is 80.5 cm³/mol. The summed E-state index contributed by atoms with van der Waals surface area (Å²) >= 11 is 0. The second-order valence-corrected chi connectivity index (χ2v) is 6.40. The molecular formula is C17H27NO. The summed E-state index contributed by atoms with van der Waals surface area (Å²) in [5.41, 5.74) is 6.03. The van der Waals surface area contributed by atoms with E-state index in [0.29, 0.717) is 5.41 Å². The first-order valence-corrected chi connectivity index (χ1v) is 7.35. The van der Waals surface area contributed by atoms with Gasteiger partial charge in [-0.25, -0.2) is 0 Å². The Hall–Kier alpha value is -0.860. The van der Waals surface area contributed by atoms with Crippen LogP contribution in [0.2, 0.25) is 0 Å². The fraction of sp³-hybridized carbons (Fsp3) is 0.647. The van der Waals surface area contributed by atoms with Gasteiger partial charge >= 0.3 is 0 Å². The molecule has 0 unspecified atom stereocenters. The molecule has 19 heavy (non-hydrogen) atoms. The zero-order valence-corrected chi connectivity index (χ0v) is 12.8. The van der Waals surface area contributed by atoms with Crippen molar-refractivity contribution in [1.82, 2.24) is 5.32 Å². The van der Waals surface area contributed by atoms with E-state index < -0.39 is 0 Å². The molecule has 1 fully saturated rings. The van der Waals surface area contributed by atoms with Crippen molar-refractivity contribution in [3.63, 3.8) is 0 Å². The van der Waals surface area contributed by atoms with Crippen molar-refractivity contribution in [3.05, 3.63) is 34.4 Å². The summed E-state index contributed by atoms with van der Waals surface area (Å²) in [6.45, 7) is 12.9. The fourth-order valence-corrected chi connectivity index (χ4v) is 3.02. The SMILES string of the molecule is Cc1cc(C)c(CNCC2(C)CCOCC2)c(C)c1. The molecule has 1 aromatic rings. The lowest BCUT2D eigenvalue weighted by Gasteiger charge is -2.33. The second-order valence-electron chi connectivity index (χ2n) is 6.40. The second kappa shape index (κ2) is 6.06. The third kappa shape index (κ3) is 3.80. The largest absolute Gasteiger partial charge is 0.381 e. The minimum Gasteiger partial charge on any atom is -0.381 e. The third-order valence-corrected chi connectivity index (χ3v) is 4.39. The molecule has 0 atom stereocenters. The van der Waals surface area contributed by atoms with Crippen molar-refractivity contribution >= 4 is 0 Å². The highest BCUT2D eigenvalue weighted by atomic mass is 16.5. The van der Waals surface area contributed by atoms with Gasteiger partial charge in [-0.1, -0.05) is 24.6 Å². The van der Waals surface area contributed by atoms with Gasteiger partial charge in [-0.15, -0.1) is 0 Å². The molecule has 1 aliphatic heterocycles. The summed E-state index contributed by atoms with van der Waals surface area (Å²) in [6.07, 6.45) is 2.34. The van der Waals surface area contributed by atoms with Gasteiger partial charge in [-0.05, 0) is 55.7 Å². The van der Waals surface area contributed by atoms with E-state index in [1.165, 1.54) is 35.1 Å². The van der Waals surface area contributed by atoms with Crippen molar-refractivity contribution in [2.45, 2.75) is 47.1 Å². The molecule has 1 saturated heterocycles. The average molecular weight is 261 g/mol. The van der Waals surface area contributed by atoms with Crippen LogP contribution >= 0.6 is 0 Å². The summed E-state index contributed by atoms with van der Waals surface area (Å²) in [7, 11) is 0. The number of ether oxygens (including phenoxy) is 1. The molecule has 2 heteroatoms. The highest BCUT2D eigenvalue weighted by Gasteiger charge is 2.26. The van der Waals surface area contributed by atoms with Gasteiger partial charge in [0.05, 0.1) is 0 Å². The maximum atomic E-state index is 5.45. The molecule has 0 bridgehead atoms. The molecule has 0 amide bonds. The van der Waals surface area contributed by atoms with Crippen LogP contribution in [0.4, 0.5) is 0 Å². The van der Waals surface area contributed by atoms with Gasteiger partial charge in [-0.2, -0.15) is 0 Å². The number of hydrogen-bond donors (Lipinski definition) is 1. The maximum Gasteiger partial charge on any atom is 0.0471 e. The van der Waals surface area contributed by atoms with E-state index in [-0.39, 0.29) is 0 Å². The van der Waals surface area contributed by atoms with E-state index >= 15 is 0 Å². The normalized spacial score (nSPS) is 18.5. The Kier molecular flexibility index (Phi) is 4.64. The lowest BCUT2D eigenvalue weighted by molar-refractivity contribution is 0.0240. The minimum atomic E-state index is 0.407. The van der Waals surface area contributed by atoms with E-state index in [1.807, 2.05) is 0 Å². The summed E-state index contributed by atoms with van der Waals surface area (Å²) in [5, 5.41) is 3.66. The van der Waals surface area contributed by atoms with Gasteiger partial charge in [0.1, 0.15) is 0 Å². The van der Waals surface area contributed by atoms with Gasteiger partial charge < -0.3 is 10.1 Å². The molecule has 1 N–H and O–H groups in total. The molecular weight excluding hydrogens is 234 g/mol. The topological polar surface area (TPSA) is 21.3 Å². The van der Waals surface area contributed by atoms with Crippen LogP contribution in [0.3, 0.4) is 0 Å². The summed E-state index contributed by atoms with van der Waals surface area (Å²) in [5.74, 6) is 0. The smallest absolute Gasteiger partial charge is 0.0471 e. The number of hydrogen-bond acceptors (Lipinski definition) is 2. The van der Waals surface area contributed by atoms with Gasteiger partial charge in [0, 0.05) is 26.3 Å². The quantitative estimate of drug-likeness (QED) is 0.895. The minimum absolute atomic E-state index is 0.407. The summed E-state index contributed by atoms with van der Waals surface area (Å²) < 4.78 is 5.45. The van der Waals surface area contributed by atoms with Gasteiger partial charge in [0.2, 0.25) is 0 Å². The highest BCUT2D eigenvalue weighted by Crippen LogP contribution is 2.28. The van der Waals surface area contributed by atoms with E-state index in [0.717, 1.165) is 26.3 Å². The van der Waals surface area contributed by atoms with E-state index in [9.17, 15) is 0 Å². The van der Waals surface area contributed by atoms with E-state index in [2.05, 4.69) is 45.1 Å². The zero-order valence-electron chi connectivity index (χ0n) is 12.8. The van der Waals surface area contributed by atoms with Crippen molar-refractivity contribution in [3.8, 4) is 0 Å². The Morgan fingerprint density at radius 1 is 1.11 bits per heavy atom. The van der Waals surface area contributed by atoms with E-state index in [1.54, 1.807) is 0 Å². The number of nitrogens with one attached hydrogen (secondary N) is 1. The van der Waals surface area contributed by atoms with Gasteiger partial charge in [0.25, 0.3) is 0 Å². The van der Waals surface area contributed by atoms with Crippen LogP contribution in [0.1, 0.15) is 42.0 Å². The number of rotatable bonds is 4. The van der Waals surface area contributed by atoms with Crippen molar-refractivity contribution < 1.29 is 4.74 Å². The molecule has 106 valence electrons.